The fraction of sp³-hybridized carbons (Fsp3) is 0.429. The fourth-order valence-corrected chi connectivity index (χ4v) is 1.46. The van der Waals surface area contributed by atoms with Gasteiger partial charge in [0.25, 0.3) is 0 Å². The zero-order valence-corrected chi connectivity index (χ0v) is 11.9. The Kier molecular flexibility index (Phi) is 7.85. The smallest absolute Gasteiger partial charge is 0.408 e. The van der Waals surface area contributed by atoms with Crippen LogP contribution in [0.5, 0.6) is 0 Å². The first-order valence-electron chi connectivity index (χ1n) is 6.56. The average Bonchev–Trinajstić information content (AvgIpc) is 2.49. The summed E-state index contributed by atoms with van der Waals surface area (Å²) in [6.07, 6.45) is -0.788. The first-order valence-corrected chi connectivity index (χ1v) is 6.56. The van der Waals surface area contributed by atoms with E-state index in [-0.39, 0.29) is 13.2 Å². The number of ether oxygens (including phenoxy) is 2. The van der Waals surface area contributed by atoms with Crippen molar-refractivity contribution in [2.24, 2.45) is 0 Å². The Morgan fingerprint density at radius 2 is 2.00 bits per heavy atom. The van der Waals surface area contributed by atoms with E-state index in [4.69, 9.17) is 14.6 Å². The highest BCUT2D eigenvalue weighted by Gasteiger charge is 2.20. The maximum atomic E-state index is 11.6. The van der Waals surface area contributed by atoms with Gasteiger partial charge in [-0.1, -0.05) is 30.3 Å². The summed E-state index contributed by atoms with van der Waals surface area (Å²) in [5, 5.41) is 14.1. The summed E-state index contributed by atoms with van der Waals surface area (Å²) in [5.41, 5.74) is 0.824. The van der Waals surface area contributed by atoms with Crippen molar-refractivity contribution in [2.75, 3.05) is 26.8 Å². The molecule has 0 aliphatic rings. The Morgan fingerprint density at radius 1 is 1.29 bits per heavy atom. The minimum atomic E-state index is -1.17. The molecule has 1 amide bonds. The van der Waals surface area contributed by atoms with Crippen molar-refractivity contribution in [3.8, 4) is 0 Å². The quantitative estimate of drug-likeness (QED) is 0.577. The fourth-order valence-electron chi connectivity index (χ4n) is 1.46. The molecule has 0 aromatic heterocycles. The third kappa shape index (κ3) is 7.28. The van der Waals surface area contributed by atoms with Gasteiger partial charge in [-0.15, -0.1) is 0 Å². The topological polar surface area (TPSA) is 96.9 Å². The van der Waals surface area contributed by atoms with E-state index in [1.54, 1.807) is 7.05 Å². The number of hydrogen-bond acceptors (Lipinski definition) is 5. The van der Waals surface area contributed by atoms with Gasteiger partial charge in [-0.2, -0.15) is 0 Å². The Labute approximate surface area is 123 Å². The number of alkyl carbamates (subject to hydrolysis) is 1. The van der Waals surface area contributed by atoms with Gasteiger partial charge in [-0.05, 0) is 12.6 Å². The van der Waals surface area contributed by atoms with Crippen molar-refractivity contribution >= 4 is 12.1 Å². The molecule has 0 spiro atoms. The molecule has 1 unspecified atom stereocenters. The van der Waals surface area contributed by atoms with Gasteiger partial charge in [0, 0.05) is 6.54 Å². The first-order chi connectivity index (χ1) is 10.1. The summed E-state index contributed by atoms with van der Waals surface area (Å²) >= 11 is 0. The van der Waals surface area contributed by atoms with E-state index in [1.807, 2.05) is 30.3 Å². The van der Waals surface area contributed by atoms with E-state index < -0.39 is 18.1 Å². The molecule has 7 heteroatoms. The van der Waals surface area contributed by atoms with E-state index in [2.05, 4.69) is 10.6 Å². The molecule has 1 rings (SSSR count). The largest absolute Gasteiger partial charge is 0.480 e. The van der Waals surface area contributed by atoms with Crippen LogP contribution < -0.4 is 10.6 Å². The van der Waals surface area contributed by atoms with Crippen molar-refractivity contribution in [1.29, 1.82) is 0 Å². The summed E-state index contributed by atoms with van der Waals surface area (Å²) in [6.45, 7) is 0.933. The van der Waals surface area contributed by atoms with Crippen molar-refractivity contribution in [3.63, 3.8) is 0 Å². The number of carbonyl (C=O) groups excluding carboxylic acids is 1. The van der Waals surface area contributed by atoms with Crippen LogP contribution in [0.15, 0.2) is 30.3 Å². The van der Waals surface area contributed by atoms with Crippen LogP contribution in [0.3, 0.4) is 0 Å². The Morgan fingerprint density at radius 3 is 2.62 bits per heavy atom. The van der Waals surface area contributed by atoms with Crippen molar-refractivity contribution in [1.82, 2.24) is 10.6 Å². The number of carbonyl (C=O) groups is 2. The molecule has 0 heterocycles. The van der Waals surface area contributed by atoms with Crippen LogP contribution in [0.4, 0.5) is 4.79 Å². The van der Waals surface area contributed by atoms with Crippen molar-refractivity contribution in [2.45, 2.75) is 12.6 Å². The van der Waals surface area contributed by atoms with Crippen LogP contribution in [-0.4, -0.2) is 50.0 Å². The molecule has 0 aliphatic heterocycles. The molecule has 3 N–H and O–H groups in total. The molecule has 1 atom stereocenters. The molecule has 0 saturated carbocycles. The van der Waals surface area contributed by atoms with Crippen LogP contribution in [0.25, 0.3) is 0 Å². The number of aliphatic carboxylic acids is 1. The predicted molar refractivity (Wildman–Crippen MR) is 75.9 cm³/mol. The van der Waals surface area contributed by atoms with Crippen molar-refractivity contribution < 1.29 is 24.2 Å². The van der Waals surface area contributed by atoms with E-state index in [0.29, 0.717) is 13.2 Å². The van der Waals surface area contributed by atoms with Gasteiger partial charge >= 0.3 is 12.1 Å². The summed E-state index contributed by atoms with van der Waals surface area (Å²) in [7, 11) is 1.76. The highest BCUT2D eigenvalue weighted by atomic mass is 16.5. The minimum absolute atomic E-state index is 0.0830. The predicted octanol–water partition coefficient (Wildman–Crippen LogP) is 0.602. The summed E-state index contributed by atoms with van der Waals surface area (Å²) in [4.78, 5) is 22.6. The van der Waals surface area contributed by atoms with E-state index >= 15 is 0 Å². The number of carboxylic acids is 1. The van der Waals surface area contributed by atoms with E-state index in [0.717, 1.165) is 5.56 Å². The molecule has 0 bridgehead atoms. The lowest BCUT2D eigenvalue weighted by molar-refractivity contribution is -0.141. The minimum Gasteiger partial charge on any atom is -0.480 e. The zero-order valence-electron chi connectivity index (χ0n) is 11.9. The molecular formula is C14H20N2O5. The lowest BCUT2D eigenvalue weighted by atomic mass is 10.2. The molecule has 1 aromatic carbocycles. The highest BCUT2D eigenvalue weighted by molar-refractivity contribution is 5.79. The summed E-state index contributed by atoms with van der Waals surface area (Å²) in [5.74, 6) is -1.17. The zero-order chi connectivity index (χ0) is 15.5. The second-order valence-electron chi connectivity index (χ2n) is 4.28. The molecule has 0 aliphatic carbocycles. The number of likely N-dealkylation sites (N-methyl/N-ethyl adjacent to an activating group) is 1. The molecule has 0 radical (unpaired) electrons. The highest BCUT2D eigenvalue weighted by Crippen LogP contribution is 2.00. The second-order valence-corrected chi connectivity index (χ2v) is 4.28. The molecule has 21 heavy (non-hydrogen) atoms. The Hall–Kier alpha value is -2.12. The van der Waals surface area contributed by atoms with Gasteiger partial charge in [-0.3, -0.25) is 0 Å². The average molecular weight is 296 g/mol. The lowest BCUT2D eigenvalue weighted by Gasteiger charge is -2.14. The Bertz CT molecular complexity index is 438. The lowest BCUT2D eigenvalue weighted by Crippen LogP contribution is -2.44. The number of amides is 1. The van der Waals surface area contributed by atoms with Crippen LogP contribution >= 0.6 is 0 Å². The molecule has 0 fully saturated rings. The van der Waals surface area contributed by atoms with E-state index in [9.17, 15) is 9.59 Å². The first kappa shape index (κ1) is 16.9. The SMILES string of the molecule is CNCCOCC(NC(=O)OCc1ccccc1)C(=O)O. The van der Waals surface area contributed by atoms with Crippen molar-refractivity contribution in [3.05, 3.63) is 35.9 Å². The third-order valence-electron chi connectivity index (χ3n) is 2.58. The monoisotopic (exact) mass is 296 g/mol. The Balaban J connectivity index is 2.33. The maximum absolute atomic E-state index is 11.6. The van der Waals surface area contributed by atoms with Crippen LogP contribution in [0.2, 0.25) is 0 Å². The summed E-state index contributed by atoms with van der Waals surface area (Å²) < 4.78 is 10.1. The molecule has 7 nitrogen and oxygen atoms in total. The molecule has 1 aromatic rings. The molecule has 116 valence electrons. The standard InChI is InChI=1S/C14H20N2O5/c1-15-7-8-20-10-12(13(17)18)16-14(19)21-9-11-5-3-2-4-6-11/h2-6,12,15H,7-10H2,1H3,(H,16,19)(H,17,18). The van der Waals surface area contributed by atoms with Gasteiger partial charge in [0.2, 0.25) is 0 Å². The summed E-state index contributed by atoms with van der Waals surface area (Å²) in [6, 6.07) is 7.99. The van der Waals surface area contributed by atoms with Gasteiger partial charge in [0.05, 0.1) is 13.2 Å². The second kappa shape index (κ2) is 9.73. The maximum Gasteiger partial charge on any atom is 0.408 e. The third-order valence-corrected chi connectivity index (χ3v) is 2.58. The van der Waals surface area contributed by atoms with Crippen LogP contribution in [-0.2, 0) is 20.9 Å². The van der Waals surface area contributed by atoms with Gasteiger partial charge < -0.3 is 25.2 Å². The molecule has 0 saturated heterocycles. The number of nitrogens with one attached hydrogen (secondary N) is 2. The van der Waals surface area contributed by atoms with Crippen LogP contribution in [0.1, 0.15) is 5.56 Å². The van der Waals surface area contributed by atoms with E-state index in [1.165, 1.54) is 0 Å². The number of benzene rings is 1. The van der Waals surface area contributed by atoms with Gasteiger partial charge in [0.15, 0.2) is 6.04 Å². The number of rotatable bonds is 9. The number of carboxylic acid groups (broad SMARTS) is 1. The van der Waals surface area contributed by atoms with Gasteiger partial charge in [-0.25, -0.2) is 9.59 Å². The normalized spacial score (nSPS) is 11.7. The molecular weight excluding hydrogens is 276 g/mol. The number of hydrogen-bond donors (Lipinski definition) is 3. The van der Waals surface area contributed by atoms with Crippen LogP contribution in [0, 0.1) is 0 Å². The van der Waals surface area contributed by atoms with Gasteiger partial charge in [0.1, 0.15) is 6.61 Å².